The predicted molar refractivity (Wildman–Crippen MR) is 82.5 cm³/mol. The van der Waals surface area contributed by atoms with Crippen molar-refractivity contribution in [3.8, 4) is 5.75 Å². The Morgan fingerprint density at radius 1 is 1.05 bits per heavy atom. The number of aromatic hydroxyl groups is 1. The van der Waals surface area contributed by atoms with Gasteiger partial charge in [-0.25, -0.2) is 18.4 Å². The highest BCUT2D eigenvalue weighted by Crippen LogP contribution is 2.20. The number of nitrogens with zero attached hydrogens (tertiary/aromatic N) is 3. The van der Waals surface area contributed by atoms with Crippen LogP contribution in [-0.4, -0.2) is 36.6 Å². The van der Waals surface area contributed by atoms with E-state index in [0.29, 0.717) is 11.5 Å². The summed E-state index contributed by atoms with van der Waals surface area (Å²) in [4.78, 5) is 10.8. The predicted octanol–water partition coefficient (Wildman–Crippen LogP) is 1.76. The van der Waals surface area contributed by atoms with Crippen LogP contribution in [0.15, 0.2) is 41.6 Å². The lowest BCUT2D eigenvalue weighted by Crippen LogP contribution is -2.20. The Hall–Kier alpha value is -2.15. The minimum absolute atomic E-state index is 0.0391. The molecule has 2 heterocycles. The quantitative estimate of drug-likeness (QED) is 0.924. The molecule has 1 aromatic carbocycles. The van der Waals surface area contributed by atoms with Crippen molar-refractivity contribution in [2.24, 2.45) is 0 Å². The van der Waals surface area contributed by atoms with Crippen molar-refractivity contribution in [3.63, 3.8) is 0 Å². The molecule has 1 fully saturated rings. The maximum atomic E-state index is 12.3. The number of hydrogen-bond acceptors (Lipinski definition) is 6. The van der Waals surface area contributed by atoms with Crippen molar-refractivity contribution < 1.29 is 13.5 Å². The van der Waals surface area contributed by atoms with Crippen LogP contribution < -0.4 is 4.90 Å². The highest BCUT2D eigenvalue weighted by atomic mass is 32.2. The van der Waals surface area contributed by atoms with Gasteiger partial charge in [-0.3, -0.25) is 0 Å². The summed E-state index contributed by atoms with van der Waals surface area (Å²) in [7, 11) is -3.47. The van der Waals surface area contributed by atoms with Gasteiger partial charge >= 0.3 is 0 Å². The maximum Gasteiger partial charge on any atom is 0.225 e. The number of phenolic OH excluding ortho intramolecular Hbond substituents is 1. The molecule has 1 saturated heterocycles. The van der Waals surface area contributed by atoms with E-state index < -0.39 is 9.84 Å². The Kier molecular flexibility index (Phi) is 3.98. The molecular weight excluding hydrogens is 302 g/mol. The van der Waals surface area contributed by atoms with Gasteiger partial charge in [-0.1, -0.05) is 0 Å². The summed E-state index contributed by atoms with van der Waals surface area (Å²) in [5, 5.41) is 9.23. The molecule has 1 aromatic heterocycles. The van der Waals surface area contributed by atoms with Crippen molar-refractivity contribution in [2.75, 3.05) is 18.0 Å². The molecule has 0 spiro atoms. The van der Waals surface area contributed by atoms with E-state index in [9.17, 15) is 13.5 Å². The third kappa shape index (κ3) is 3.19. The highest BCUT2D eigenvalue weighted by Gasteiger charge is 2.18. The van der Waals surface area contributed by atoms with Gasteiger partial charge in [-0.05, 0) is 37.1 Å². The second kappa shape index (κ2) is 5.92. The number of benzene rings is 1. The normalized spacial score (nSPS) is 15.2. The molecular formula is C15H17N3O3S. The number of rotatable bonds is 4. The van der Waals surface area contributed by atoms with Crippen LogP contribution in [0.25, 0.3) is 0 Å². The Labute approximate surface area is 129 Å². The number of hydrogen-bond donors (Lipinski definition) is 1. The monoisotopic (exact) mass is 319 g/mol. The molecule has 0 bridgehead atoms. The Morgan fingerprint density at radius 3 is 2.23 bits per heavy atom. The van der Waals surface area contributed by atoms with Gasteiger partial charge in [0, 0.05) is 31.0 Å². The van der Waals surface area contributed by atoms with Crippen LogP contribution in [0.3, 0.4) is 0 Å². The van der Waals surface area contributed by atoms with E-state index in [1.54, 1.807) is 12.4 Å². The molecule has 1 aliphatic rings. The molecule has 7 heteroatoms. The number of aromatic nitrogens is 2. The molecule has 2 aromatic rings. The third-order valence-corrected chi connectivity index (χ3v) is 5.34. The fourth-order valence-electron chi connectivity index (χ4n) is 2.46. The summed E-state index contributed by atoms with van der Waals surface area (Å²) in [6.07, 6.45) is 5.41. The van der Waals surface area contributed by atoms with Crippen LogP contribution in [0.2, 0.25) is 0 Å². The lowest BCUT2D eigenvalue weighted by molar-refractivity contribution is 0.475. The van der Waals surface area contributed by atoms with Gasteiger partial charge in [0.1, 0.15) is 5.75 Å². The van der Waals surface area contributed by atoms with E-state index in [2.05, 4.69) is 14.9 Å². The minimum Gasteiger partial charge on any atom is -0.508 e. The molecule has 0 amide bonds. The van der Waals surface area contributed by atoms with Gasteiger partial charge in [0.05, 0.1) is 10.6 Å². The summed E-state index contributed by atoms with van der Waals surface area (Å²) in [6.45, 7) is 1.90. The van der Waals surface area contributed by atoms with E-state index >= 15 is 0 Å². The van der Waals surface area contributed by atoms with Crippen molar-refractivity contribution in [1.29, 1.82) is 0 Å². The Balaban J connectivity index is 1.75. The SMILES string of the molecule is O=S(=O)(Cc1cnc(N2CCCC2)nc1)c1ccc(O)cc1. The van der Waals surface area contributed by atoms with Gasteiger partial charge in [0.15, 0.2) is 9.84 Å². The smallest absolute Gasteiger partial charge is 0.225 e. The molecule has 1 aliphatic heterocycles. The maximum absolute atomic E-state index is 12.3. The molecule has 0 unspecified atom stereocenters. The van der Waals surface area contributed by atoms with Gasteiger partial charge in [-0.15, -0.1) is 0 Å². The minimum atomic E-state index is -3.47. The highest BCUT2D eigenvalue weighted by molar-refractivity contribution is 7.90. The standard InChI is InChI=1S/C15H17N3O3S/c19-13-3-5-14(6-4-13)22(20,21)11-12-9-16-15(17-10-12)18-7-1-2-8-18/h3-6,9-10,19H,1-2,7-8,11H2. The first-order chi connectivity index (χ1) is 10.5. The van der Waals surface area contributed by atoms with Crippen LogP contribution in [-0.2, 0) is 15.6 Å². The van der Waals surface area contributed by atoms with Gasteiger partial charge in [0.2, 0.25) is 5.95 Å². The van der Waals surface area contributed by atoms with Crippen LogP contribution in [0, 0.1) is 0 Å². The lowest BCUT2D eigenvalue weighted by atomic mass is 10.3. The molecule has 6 nitrogen and oxygen atoms in total. The van der Waals surface area contributed by atoms with Crippen molar-refractivity contribution >= 4 is 15.8 Å². The number of phenols is 1. The zero-order valence-electron chi connectivity index (χ0n) is 12.0. The largest absolute Gasteiger partial charge is 0.508 e. The zero-order chi connectivity index (χ0) is 15.6. The Morgan fingerprint density at radius 2 is 1.64 bits per heavy atom. The van der Waals surface area contributed by atoms with Crippen molar-refractivity contribution in [2.45, 2.75) is 23.5 Å². The molecule has 0 aliphatic carbocycles. The first kappa shape index (κ1) is 14.8. The molecule has 22 heavy (non-hydrogen) atoms. The fourth-order valence-corrected chi connectivity index (χ4v) is 3.76. The first-order valence-corrected chi connectivity index (χ1v) is 8.77. The Bertz CT molecular complexity index is 737. The average molecular weight is 319 g/mol. The summed E-state index contributed by atoms with van der Waals surface area (Å²) in [5.74, 6) is 0.540. The molecule has 1 N–H and O–H groups in total. The summed E-state index contributed by atoms with van der Waals surface area (Å²) >= 11 is 0. The van der Waals surface area contributed by atoms with Crippen molar-refractivity contribution in [3.05, 3.63) is 42.2 Å². The third-order valence-electron chi connectivity index (χ3n) is 3.63. The second-order valence-electron chi connectivity index (χ2n) is 5.34. The van der Waals surface area contributed by atoms with Crippen molar-refractivity contribution in [1.82, 2.24) is 9.97 Å². The van der Waals surface area contributed by atoms with Gasteiger partial charge in [-0.2, -0.15) is 0 Å². The summed E-state index contributed by atoms with van der Waals surface area (Å²) in [5.41, 5.74) is 0.552. The zero-order valence-corrected chi connectivity index (χ0v) is 12.8. The van der Waals surface area contributed by atoms with E-state index in [1.807, 2.05) is 0 Å². The molecule has 116 valence electrons. The number of sulfone groups is 1. The first-order valence-electron chi connectivity index (χ1n) is 7.12. The molecule has 0 radical (unpaired) electrons. The average Bonchev–Trinajstić information content (AvgIpc) is 3.02. The second-order valence-corrected chi connectivity index (χ2v) is 7.33. The van der Waals surface area contributed by atoms with Crippen LogP contribution in [0.4, 0.5) is 5.95 Å². The summed E-state index contributed by atoms with van der Waals surface area (Å²) < 4.78 is 24.6. The van der Waals surface area contributed by atoms with E-state index in [0.717, 1.165) is 25.9 Å². The van der Waals surface area contributed by atoms with Crippen LogP contribution in [0.5, 0.6) is 5.75 Å². The van der Waals surface area contributed by atoms with Crippen LogP contribution >= 0.6 is 0 Å². The van der Waals surface area contributed by atoms with E-state index in [-0.39, 0.29) is 16.4 Å². The lowest BCUT2D eigenvalue weighted by Gasteiger charge is -2.14. The molecule has 3 rings (SSSR count). The van der Waals surface area contributed by atoms with Gasteiger partial charge in [0.25, 0.3) is 0 Å². The number of anilines is 1. The molecule has 0 atom stereocenters. The molecule has 0 saturated carbocycles. The van der Waals surface area contributed by atoms with Gasteiger partial charge < -0.3 is 10.0 Å². The van der Waals surface area contributed by atoms with E-state index in [4.69, 9.17) is 0 Å². The van der Waals surface area contributed by atoms with Crippen LogP contribution in [0.1, 0.15) is 18.4 Å². The summed E-state index contributed by atoms with van der Waals surface area (Å²) in [6, 6.07) is 5.51. The fraction of sp³-hybridized carbons (Fsp3) is 0.333. The topological polar surface area (TPSA) is 83.4 Å². The van der Waals surface area contributed by atoms with E-state index in [1.165, 1.54) is 24.3 Å².